The maximum absolute atomic E-state index is 13.8. The molecule has 3 atom stereocenters. The Balaban J connectivity index is 4.64. The number of carboxylic acids is 1. The number of halogens is 1. The minimum Gasteiger partial charge on any atom is -0.481 e. The molecule has 98 valence electrons. The molecule has 0 aromatic rings. The van der Waals surface area contributed by atoms with Gasteiger partial charge in [0.2, 0.25) is 0 Å². The number of Topliss-reactive ketones (excluding diaryl/α,β-unsaturated/α-hetero) is 2. The van der Waals surface area contributed by atoms with Crippen molar-refractivity contribution in [1.82, 2.24) is 5.32 Å². The van der Waals surface area contributed by atoms with Crippen molar-refractivity contribution in [3.63, 3.8) is 0 Å². The van der Waals surface area contributed by atoms with Crippen molar-refractivity contribution < 1.29 is 23.9 Å². The molecule has 0 radical (unpaired) electrons. The van der Waals surface area contributed by atoms with E-state index in [4.69, 9.17) is 5.11 Å². The lowest BCUT2D eigenvalue weighted by Crippen LogP contribution is -2.41. The minimum absolute atomic E-state index is 0.159. The van der Waals surface area contributed by atoms with Crippen LogP contribution < -0.4 is 5.32 Å². The number of hydrogen-bond donors (Lipinski definition) is 2. The molecule has 0 amide bonds. The molecule has 0 saturated heterocycles. The van der Waals surface area contributed by atoms with Crippen LogP contribution in [0.1, 0.15) is 26.7 Å². The second-order valence-corrected chi connectivity index (χ2v) is 3.96. The van der Waals surface area contributed by atoms with Crippen molar-refractivity contribution in [2.45, 2.75) is 38.9 Å². The van der Waals surface area contributed by atoms with Gasteiger partial charge in [-0.2, -0.15) is 0 Å². The average Bonchev–Trinajstić information content (AvgIpc) is 2.25. The van der Waals surface area contributed by atoms with Crippen LogP contribution in [0.3, 0.4) is 0 Å². The molecule has 0 saturated carbocycles. The number of hydrogen-bond acceptors (Lipinski definition) is 4. The summed E-state index contributed by atoms with van der Waals surface area (Å²) in [5.74, 6) is -3.51. The highest BCUT2D eigenvalue weighted by Gasteiger charge is 2.33. The second-order valence-electron chi connectivity index (χ2n) is 3.96. The van der Waals surface area contributed by atoms with Gasteiger partial charge in [-0.15, -0.1) is 0 Å². The van der Waals surface area contributed by atoms with E-state index >= 15 is 0 Å². The normalized spacial score (nSPS) is 16.0. The minimum atomic E-state index is -1.95. The highest BCUT2D eigenvalue weighted by atomic mass is 19.1. The topological polar surface area (TPSA) is 83.5 Å². The van der Waals surface area contributed by atoms with E-state index in [9.17, 15) is 18.8 Å². The summed E-state index contributed by atoms with van der Waals surface area (Å²) in [6, 6.07) is -0.698. The average molecular weight is 247 g/mol. The lowest BCUT2D eigenvalue weighted by Gasteiger charge is -2.19. The molecule has 2 N–H and O–H groups in total. The van der Waals surface area contributed by atoms with Crippen LogP contribution in [-0.4, -0.2) is 41.9 Å². The summed E-state index contributed by atoms with van der Waals surface area (Å²) in [5, 5.41) is 11.1. The highest BCUT2D eigenvalue weighted by Crippen LogP contribution is 2.18. The zero-order valence-electron chi connectivity index (χ0n) is 10.2. The van der Waals surface area contributed by atoms with E-state index in [1.807, 2.05) is 0 Å². The highest BCUT2D eigenvalue weighted by molar-refractivity contribution is 5.93. The van der Waals surface area contributed by atoms with Gasteiger partial charge >= 0.3 is 5.97 Å². The summed E-state index contributed by atoms with van der Waals surface area (Å²) in [5.41, 5.74) is 0. The monoisotopic (exact) mass is 247 g/mol. The number of alkyl halides is 1. The molecule has 0 aromatic carbocycles. The predicted octanol–water partition coefficient (Wildman–Crippen LogP) is 0.571. The van der Waals surface area contributed by atoms with Gasteiger partial charge in [-0.25, -0.2) is 4.39 Å². The molecule has 0 fully saturated rings. The molecular weight excluding hydrogens is 229 g/mol. The van der Waals surface area contributed by atoms with Gasteiger partial charge in [0.25, 0.3) is 0 Å². The number of nitrogens with one attached hydrogen (secondary N) is 1. The van der Waals surface area contributed by atoms with Crippen LogP contribution in [0.2, 0.25) is 0 Å². The zero-order chi connectivity index (χ0) is 13.6. The van der Waals surface area contributed by atoms with Gasteiger partial charge in [-0.3, -0.25) is 14.4 Å². The molecule has 0 spiro atoms. The fourth-order valence-corrected chi connectivity index (χ4v) is 1.41. The maximum atomic E-state index is 13.8. The quantitative estimate of drug-likeness (QED) is 0.655. The third-order valence-electron chi connectivity index (χ3n) is 2.68. The van der Waals surface area contributed by atoms with Gasteiger partial charge in [-0.1, -0.05) is 0 Å². The van der Waals surface area contributed by atoms with Crippen molar-refractivity contribution in [2.75, 3.05) is 7.05 Å². The van der Waals surface area contributed by atoms with Crippen LogP contribution in [0.5, 0.6) is 0 Å². The molecule has 6 heteroatoms. The first-order valence-electron chi connectivity index (χ1n) is 5.38. The summed E-state index contributed by atoms with van der Waals surface area (Å²) < 4.78 is 13.8. The number of likely N-dealkylation sites (N-methyl/N-ethyl adjacent to an activating group) is 1. The largest absolute Gasteiger partial charge is 0.481 e. The SMILES string of the molecule is CN[C@@H](C)C(=O)[C@@H](F)[C@@H](CCC(=O)O)C(C)=O. The number of rotatable bonds is 8. The molecule has 0 aliphatic carbocycles. The molecular formula is C11H18FNO4. The molecule has 0 bridgehead atoms. The molecule has 0 aliphatic rings. The number of carboxylic acid groups (broad SMARTS) is 1. The van der Waals surface area contributed by atoms with E-state index in [0.29, 0.717) is 0 Å². The Hall–Kier alpha value is -1.30. The van der Waals surface area contributed by atoms with Crippen LogP contribution in [0, 0.1) is 5.92 Å². The van der Waals surface area contributed by atoms with E-state index < -0.39 is 35.7 Å². The van der Waals surface area contributed by atoms with Crippen molar-refractivity contribution in [2.24, 2.45) is 5.92 Å². The Labute approximate surface area is 99.4 Å². The van der Waals surface area contributed by atoms with E-state index in [-0.39, 0.29) is 12.8 Å². The Morgan fingerprint density at radius 3 is 2.24 bits per heavy atom. The number of carbonyl (C=O) groups is 3. The molecule has 0 aliphatic heterocycles. The van der Waals surface area contributed by atoms with Crippen LogP contribution in [0.25, 0.3) is 0 Å². The fourth-order valence-electron chi connectivity index (χ4n) is 1.41. The van der Waals surface area contributed by atoms with Crippen molar-refractivity contribution in [3.05, 3.63) is 0 Å². The third-order valence-corrected chi connectivity index (χ3v) is 2.68. The van der Waals surface area contributed by atoms with Gasteiger partial charge in [0.1, 0.15) is 5.78 Å². The standard InChI is InChI=1S/C11H18FNO4/c1-6(13-3)11(17)10(12)8(7(2)14)4-5-9(15)16/h6,8,10,13H,4-5H2,1-3H3,(H,15,16)/t6-,8-,10-/m0/s1. The molecule has 5 nitrogen and oxygen atoms in total. The molecule has 0 rings (SSSR count). The van der Waals surface area contributed by atoms with Crippen molar-refractivity contribution >= 4 is 17.5 Å². The van der Waals surface area contributed by atoms with Crippen LogP contribution in [-0.2, 0) is 14.4 Å². The number of carbonyl (C=O) groups excluding carboxylic acids is 2. The number of aliphatic carboxylic acids is 1. The van der Waals surface area contributed by atoms with Crippen LogP contribution in [0.15, 0.2) is 0 Å². The summed E-state index contributed by atoms with van der Waals surface area (Å²) in [6.45, 7) is 2.65. The third kappa shape index (κ3) is 5.04. The van der Waals surface area contributed by atoms with Gasteiger partial charge in [0.05, 0.1) is 12.0 Å². The summed E-state index contributed by atoms with van der Waals surface area (Å²) in [7, 11) is 1.51. The lowest BCUT2D eigenvalue weighted by atomic mass is 9.89. The fraction of sp³-hybridized carbons (Fsp3) is 0.727. The van der Waals surface area contributed by atoms with Gasteiger partial charge in [-0.05, 0) is 27.3 Å². The van der Waals surface area contributed by atoms with Crippen LogP contribution >= 0.6 is 0 Å². The summed E-state index contributed by atoms with van der Waals surface area (Å²) in [6.07, 6.45) is -2.44. The predicted molar refractivity (Wildman–Crippen MR) is 59.5 cm³/mol. The number of ketones is 2. The van der Waals surface area contributed by atoms with E-state index in [0.717, 1.165) is 6.92 Å². The molecule has 0 unspecified atom stereocenters. The molecule has 0 aromatic heterocycles. The first-order chi connectivity index (χ1) is 7.81. The zero-order valence-corrected chi connectivity index (χ0v) is 10.2. The Kier molecular flexibility index (Phi) is 6.57. The molecule has 0 heterocycles. The smallest absolute Gasteiger partial charge is 0.303 e. The Bertz CT molecular complexity index is 306. The second kappa shape index (κ2) is 7.11. The first kappa shape index (κ1) is 15.7. The van der Waals surface area contributed by atoms with E-state index in [1.165, 1.54) is 14.0 Å². The van der Waals surface area contributed by atoms with Gasteiger partial charge < -0.3 is 10.4 Å². The summed E-state index contributed by atoms with van der Waals surface area (Å²) in [4.78, 5) is 33.1. The van der Waals surface area contributed by atoms with Crippen molar-refractivity contribution in [1.29, 1.82) is 0 Å². The van der Waals surface area contributed by atoms with Crippen molar-refractivity contribution in [3.8, 4) is 0 Å². The lowest BCUT2D eigenvalue weighted by molar-refractivity contribution is -0.139. The Morgan fingerprint density at radius 1 is 1.35 bits per heavy atom. The maximum Gasteiger partial charge on any atom is 0.303 e. The van der Waals surface area contributed by atoms with E-state index in [1.54, 1.807) is 0 Å². The van der Waals surface area contributed by atoms with E-state index in [2.05, 4.69) is 5.32 Å². The Morgan fingerprint density at radius 2 is 1.88 bits per heavy atom. The molecule has 17 heavy (non-hydrogen) atoms. The van der Waals surface area contributed by atoms with Gasteiger partial charge in [0, 0.05) is 6.42 Å². The first-order valence-corrected chi connectivity index (χ1v) is 5.38. The van der Waals surface area contributed by atoms with Gasteiger partial charge in [0.15, 0.2) is 12.0 Å². The summed E-state index contributed by atoms with van der Waals surface area (Å²) >= 11 is 0. The van der Waals surface area contributed by atoms with Crippen LogP contribution in [0.4, 0.5) is 4.39 Å².